The Hall–Kier alpha value is -3.34. The van der Waals surface area contributed by atoms with Gasteiger partial charge in [-0.1, -0.05) is 12.1 Å². The minimum Gasteiger partial charge on any atom is -0.481 e. The maximum Gasteiger partial charge on any atom is 0.430 e. The predicted molar refractivity (Wildman–Crippen MR) is 130 cm³/mol. The molecule has 2 heterocycles. The molecule has 4 rings (SSSR count). The van der Waals surface area contributed by atoms with Gasteiger partial charge < -0.3 is 20.4 Å². The van der Waals surface area contributed by atoms with E-state index in [4.69, 9.17) is 0 Å². The van der Waals surface area contributed by atoms with Crippen molar-refractivity contribution in [1.29, 1.82) is 0 Å². The highest BCUT2D eigenvalue weighted by atomic mass is 32.1. The molecule has 1 saturated carbocycles. The second-order valence-electron chi connectivity index (χ2n) is 10.3. The van der Waals surface area contributed by atoms with E-state index >= 15 is 0 Å². The number of hydrogen-bond acceptors (Lipinski definition) is 6. The van der Waals surface area contributed by atoms with Crippen molar-refractivity contribution in [2.75, 3.05) is 13.1 Å². The van der Waals surface area contributed by atoms with Crippen molar-refractivity contribution in [2.24, 2.45) is 5.41 Å². The minimum atomic E-state index is -6.33. The fraction of sp³-hybridized carbons (Fsp3) is 0.520. The van der Waals surface area contributed by atoms with Crippen molar-refractivity contribution in [3.8, 4) is 10.4 Å². The largest absolute Gasteiger partial charge is 0.481 e. The normalized spacial score (nSPS) is 18.8. The molecule has 2 fully saturated rings. The second kappa shape index (κ2) is 10.7. The molecule has 3 N–H and O–H groups in total. The number of aromatic nitrogens is 1. The average molecular weight is 630 g/mol. The van der Waals surface area contributed by atoms with Gasteiger partial charge in [0.05, 0.1) is 10.3 Å². The number of thiazole rings is 1. The molecule has 0 radical (unpaired) electrons. The molecule has 2 aromatic rings. The number of nitrogens with one attached hydrogen (secondary N) is 1. The van der Waals surface area contributed by atoms with E-state index in [-0.39, 0.29) is 44.1 Å². The highest BCUT2D eigenvalue weighted by Gasteiger charge is 2.71. The molecular formula is C25H23F8N3O5S. The summed E-state index contributed by atoms with van der Waals surface area (Å²) in [5.41, 5.74) is -11.2. The predicted octanol–water partition coefficient (Wildman–Crippen LogP) is 5.28. The molecule has 2 aliphatic rings. The van der Waals surface area contributed by atoms with Gasteiger partial charge in [0.15, 0.2) is 5.01 Å². The second-order valence-corrected chi connectivity index (χ2v) is 11.3. The molecule has 1 saturated heterocycles. The van der Waals surface area contributed by atoms with Crippen LogP contribution in [0.1, 0.15) is 70.4 Å². The Kier molecular flexibility index (Phi) is 8.08. The number of aliphatic carboxylic acids is 1. The smallest absolute Gasteiger partial charge is 0.430 e. The molecule has 17 heteroatoms. The average Bonchev–Trinajstić information content (AvgIpc) is 3.37. The zero-order chi connectivity index (χ0) is 31.4. The van der Waals surface area contributed by atoms with Crippen LogP contribution in [0.3, 0.4) is 0 Å². The number of carbonyl (C=O) groups excluding carboxylic acids is 2. The first-order valence-corrected chi connectivity index (χ1v) is 13.3. The number of amides is 2. The molecule has 1 aromatic carbocycles. The number of carboxylic acid groups (broad SMARTS) is 1. The van der Waals surface area contributed by atoms with E-state index in [1.54, 1.807) is 6.92 Å². The third-order valence-electron chi connectivity index (χ3n) is 7.50. The van der Waals surface area contributed by atoms with Gasteiger partial charge in [0.25, 0.3) is 23.8 Å². The van der Waals surface area contributed by atoms with Gasteiger partial charge in [0, 0.05) is 35.8 Å². The molecule has 230 valence electrons. The Morgan fingerprint density at radius 3 is 2.24 bits per heavy atom. The molecule has 42 heavy (non-hydrogen) atoms. The number of alkyl halides is 8. The monoisotopic (exact) mass is 629 g/mol. The van der Waals surface area contributed by atoms with Gasteiger partial charge in [-0.15, -0.1) is 11.3 Å². The Morgan fingerprint density at radius 2 is 1.76 bits per heavy atom. The van der Waals surface area contributed by atoms with Crippen LogP contribution >= 0.6 is 11.3 Å². The maximum absolute atomic E-state index is 14.2. The minimum absolute atomic E-state index is 0.142. The number of benzene rings is 1. The fourth-order valence-electron chi connectivity index (χ4n) is 4.72. The van der Waals surface area contributed by atoms with Crippen molar-refractivity contribution in [3.05, 3.63) is 40.0 Å². The first-order valence-electron chi connectivity index (χ1n) is 12.5. The summed E-state index contributed by atoms with van der Waals surface area (Å²) in [5, 5.41) is 20.9. The van der Waals surface area contributed by atoms with E-state index in [9.17, 15) is 59.7 Å². The van der Waals surface area contributed by atoms with Crippen LogP contribution in [0.4, 0.5) is 35.1 Å². The van der Waals surface area contributed by atoms with Crippen LogP contribution in [0.5, 0.6) is 0 Å². The van der Waals surface area contributed by atoms with Crippen molar-refractivity contribution >= 4 is 29.1 Å². The summed E-state index contributed by atoms with van der Waals surface area (Å²) >= 11 is 0.386. The molecule has 1 aromatic heterocycles. The lowest BCUT2D eigenvalue weighted by molar-refractivity contribution is -0.376. The van der Waals surface area contributed by atoms with Gasteiger partial charge >= 0.3 is 18.3 Å². The highest BCUT2D eigenvalue weighted by Crippen LogP contribution is 2.51. The molecule has 2 amide bonds. The third kappa shape index (κ3) is 5.43. The Labute approximate surface area is 236 Å². The van der Waals surface area contributed by atoms with Crippen LogP contribution in [-0.4, -0.2) is 69.4 Å². The molecule has 8 nitrogen and oxygen atoms in total. The molecule has 1 aliphatic carbocycles. The van der Waals surface area contributed by atoms with Gasteiger partial charge in [-0.05, 0) is 38.7 Å². The number of rotatable bonds is 8. The number of halogens is 8. The molecular weight excluding hydrogens is 606 g/mol. The van der Waals surface area contributed by atoms with Gasteiger partial charge in [0.1, 0.15) is 5.69 Å². The highest BCUT2D eigenvalue weighted by molar-refractivity contribution is 7.17. The molecule has 1 unspecified atom stereocenters. The first kappa shape index (κ1) is 31.6. The lowest BCUT2D eigenvalue weighted by Gasteiger charge is -2.33. The van der Waals surface area contributed by atoms with Gasteiger partial charge in [-0.3, -0.25) is 14.4 Å². The number of hydrogen-bond donors (Lipinski definition) is 3. The van der Waals surface area contributed by atoms with Crippen LogP contribution < -0.4 is 5.32 Å². The zero-order valence-electron chi connectivity index (χ0n) is 21.6. The van der Waals surface area contributed by atoms with Crippen molar-refractivity contribution < 1.29 is 59.7 Å². The van der Waals surface area contributed by atoms with Crippen molar-refractivity contribution in [1.82, 2.24) is 15.2 Å². The maximum atomic E-state index is 14.2. The van der Waals surface area contributed by atoms with Gasteiger partial charge in [0.2, 0.25) is 0 Å². The fourth-order valence-corrected chi connectivity index (χ4v) is 5.74. The summed E-state index contributed by atoms with van der Waals surface area (Å²) in [6.45, 7) is 1.64. The van der Waals surface area contributed by atoms with Gasteiger partial charge in [-0.2, -0.15) is 26.3 Å². The standard InChI is InChI=1S/C25H23F8N3O5S/c1-11-3-2-8-36(11)20(38)15-16(42-19(35-15)18(37)34-10-22(6-7-22)21(39)40)13-5-4-12(9-14(13)17(26)27)23(41,24(28,29)30)25(31,32)33/h4-5,9,11,17,41H,2-3,6-8,10H2,1H3,(H,34,37)(H,39,40). The van der Waals surface area contributed by atoms with Crippen LogP contribution in [0.15, 0.2) is 18.2 Å². The summed E-state index contributed by atoms with van der Waals surface area (Å²) in [6, 6.07) is 0.178. The Morgan fingerprint density at radius 1 is 1.14 bits per heavy atom. The van der Waals surface area contributed by atoms with E-state index in [1.165, 1.54) is 4.90 Å². The van der Waals surface area contributed by atoms with E-state index in [1.807, 2.05) is 0 Å². The SMILES string of the molecule is CC1CCCN1C(=O)c1nc(C(=O)NCC2(C(=O)O)CC2)sc1-c1ccc(C(O)(C(F)(F)F)C(F)(F)F)cc1C(F)F. The van der Waals surface area contributed by atoms with E-state index in [0.29, 0.717) is 30.2 Å². The number of aliphatic hydroxyl groups is 1. The quantitative estimate of drug-likeness (QED) is 0.342. The van der Waals surface area contributed by atoms with E-state index in [0.717, 1.165) is 0 Å². The van der Waals surface area contributed by atoms with Crippen LogP contribution in [0.2, 0.25) is 0 Å². The van der Waals surface area contributed by atoms with E-state index < -0.39 is 79.8 Å². The zero-order valence-corrected chi connectivity index (χ0v) is 22.4. The molecule has 1 aliphatic heterocycles. The topological polar surface area (TPSA) is 120 Å². The summed E-state index contributed by atoms with van der Waals surface area (Å²) in [5.74, 6) is -2.91. The summed E-state index contributed by atoms with van der Waals surface area (Å²) < 4.78 is 109. The van der Waals surface area contributed by atoms with Gasteiger partial charge in [-0.25, -0.2) is 13.8 Å². The number of likely N-dealkylation sites (tertiary alicyclic amines) is 1. The van der Waals surface area contributed by atoms with Crippen molar-refractivity contribution in [2.45, 2.75) is 63.0 Å². The number of nitrogens with zero attached hydrogens (tertiary/aromatic N) is 2. The lowest BCUT2D eigenvalue weighted by Crippen LogP contribution is -2.54. The summed E-state index contributed by atoms with van der Waals surface area (Å²) in [6.07, 6.45) is -14.6. The van der Waals surface area contributed by atoms with Crippen LogP contribution in [0.25, 0.3) is 10.4 Å². The third-order valence-corrected chi connectivity index (χ3v) is 8.59. The number of carboxylic acids is 1. The Balaban J connectivity index is 1.83. The van der Waals surface area contributed by atoms with Crippen LogP contribution in [-0.2, 0) is 10.4 Å². The molecule has 1 atom stereocenters. The number of carbonyl (C=O) groups is 3. The first-order chi connectivity index (χ1) is 19.3. The molecule has 0 spiro atoms. The van der Waals surface area contributed by atoms with Crippen molar-refractivity contribution in [3.63, 3.8) is 0 Å². The van der Waals surface area contributed by atoms with E-state index in [2.05, 4.69) is 10.3 Å². The summed E-state index contributed by atoms with van der Waals surface area (Å²) in [4.78, 5) is 42.6. The Bertz CT molecular complexity index is 1390. The lowest BCUT2D eigenvalue weighted by atomic mass is 9.89. The van der Waals surface area contributed by atoms with Crippen LogP contribution in [0, 0.1) is 5.41 Å². The molecule has 0 bridgehead atoms. The summed E-state index contributed by atoms with van der Waals surface area (Å²) in [7, 11) is 0.